The first-order valence-electron chi connectivity index (χ1n) is 6.27. The number of anilines is 2. The van der Waals surface area contributed by atoms with Crippen LogP contribution in [0.25, 0.3) is 0 Å². The Kier molecular flexibility index (Phi) is 4.44. The molecule has 1 heterocycles. The number of pyridine rings is 1. The van der Waals surface area contributed by atoms with Crippen LogP contribution in [0.1, 0.15) is 17.3 Å². The van der Waals surface area contributed by atoms with Crippen LogP contribution in [0.3, 0.4) is 0 Å². The van der Waals surface area contributed by atoms with E-state index in [0.717, 1.165) is 0 Å². The van der Waals surface area contributed by atoms with E-state index in [1.54, 1.807) is 6.92 Å². The van der Waals surface area contributed by atoms with Gasteiger partial charge in [-0.2, -0.15) is 0 Å². The maximum Gasteiger partial charge on any atom is 0.261 e. The van der Waals surface area contributed by atoms with Gasteiger partial charge in [0.15, 0.2) is 11.6 Å². The van der Waals surface area contributed by atoms with Crippen LogP contribution in [0.2, 0.25) is 0 Å². The molecule has 3 N–H and O–H groups in total. The van der Waals surface area contributed by atoms with Crippen LogP contribution in [0.15, 0.2) is 36.5 Å². The van der Waals surface area contributed by atoms with Crippen molar-refractivity contribution >= 4 is 17.4 Å². The number of amides is 1. The average Bonchev–Trinajstić information content (AvgIpc) is 2.50. The molecule has 0 unspecified atom stereocenters. The highest BCUT2D eigenvalue weighted by Gasteiger charge is 2.21. The highest BCUT2D eigenvalue weighted by Crippen LogP contribution is 2.21. The maximum atomic E-state index is 14.1. The van der Waals surface area contributed by atoms with Gasteiger partial charge in [-0.25, -0.2) is 19.6 Å². The van der Waals surface area contributed by atoms with Crippen molar-refractivity contribution in [2.24, 2.45) is 5.84 Å². The normalized spacial score (nSPS) is 10.3. The van der Waals surface area contributed by atoms with Crippen molar-refractivity contribution in [3.05, 3.63) is 53.7 Å². The summed E-state index contributed by atoms with van der Waals surface area (Å²) in [6.45, 7) is 2.04. The highest BCUT2D eigenvalue weighted by molar-refractivity contribution is 6.06. The molecule has 110 valence electrons. The van der Waals surface area contributed by atoms with E-state index in [9.17, 15) is 13.6 Å². The van der Waals surface area contributed by atoms with Crippen LogP contribution >= 0.6 is 0 Å². The first-order valence-corrected chi connectivity index (χ1v) is 6.27. The first-order chi connectivity index (χ1) is 10.1. The summed E-state index contributed by atoms with van der Waals surface area (Å²) >= 11 is 0. The lowest BCUT2D eigenvalue weighted by Crippen LogP contribution is -2.31. The summed E-state index contributed by atoms with van der Waals surface area (Å²) in [6.07, 6.45) is 1.28. The molecule has 7 heteroatoms. The average molecular weight is 292 g/mol. The Labute approximate surface area is 120 Å². The molecule has 5 nitrogen and oxygen atoms in total. The van der Waals surface area contributed by atoms with E-state index in [4.69, 9.17) is 5.84 Å². The lowest BCUT2D eigenvalue weighted by atomic mass is 10.2. The van der Waals surface area contributed by atoms with Gasteiger partial charge in [-0.15, -0.1) is 0 Å². The van der Waals surface area contributed by atoms with Crippen molar-refractivity contribution in [2.75, 3.05) is 16.9 Å². The van der Waals surface area contributed by atoms with Crippen molar-refractivity contribution in [3.63, 3.8) is 0 Å². The molecule has 0 fully saturated rings. The number of nitrogens with one attached hydrogen (secondary N) is 1. The van der Waals surface area contributed by atoms with Crippen molar-refractivity contribution in [1.82, 2.24) is 4.98 Å². The summed E-state index contributed by atoms with van der Waals surface area (Å²) in [5.74, 6) is 3.13. The van der Waals surface area contributed by atoms with Crippen LogP contribution in [-0.4, -0.2) is 17.4 Å². The van der Waals surface area contributed by atoms with E-state index in [0.29, 0.717) is 12.2 Å². The van der Waals surface area contributed by atoms with Crippen LogP contribution in [0.4, 0.5) is 20.3 Å². The van der Waals surface area contributed by atoms with Gasteiger partial charge in [0, 0.05) is 18.4 Å². The van der Waals surface area contributed by atoms with Crippen LogP contribution in [0.5, 0.6) is 0 Å². The SMILES string of the molecule is CCN(C(=O)c1ccnc(NN)c1F)c1ccc(F)cc1. The number of nitrogens with two attached hydrogens (primary N) is 1. The van der Waals surface area contributed by atoms with Gasteiger partial charge in [-0.3, -0.25) is 4.79 Å². The minimum Gasteiger partial charge on any atom is -0.309 e. The van der Waals surface area contributed by atoms with E-state index < -0.39 is 17.5 Å². The molecule has 2 aromatic rings. The summed E-state index contributed by atoms with van der Waals surface area (Å²) in [5.41, 5.74) is 2.40. The van der Waals surface area contributed by atoms with Gasteiger partial charge in [0.2, 0.25) is 0 Å². The number of hydrogen-bond donors (Lipinski definition) is 2. The third-order valence-electron chi connectivity index (χ3n) is 2.96. The van der Waals surface area contributed by atoms with Gasteiger partial charge in [0.1, 0.15) is 5.82 Å². The Morgan fingerprint density at radius 1 is 1.29 bits per heavy atom. The summed E-state index contributed by atoms with van der Waals surface area (Å²) < 4.78 is 27.0. The predicted octanol–water partition coefficient (Wildman–Crippen LogP) is 2.31. The monoisotopic (exact) mass is 292 g/mol. The molecule has 1 aromatic carbocycles. The molecular weight excluding hydrogens is 278 g/mol. The number of nitrogen functional groups attached to an aromatic ring is 1. The zero-order valence-electron chi connectivity index (χ0n) is 11.3. The van der Waals surface area contributed by atoms with Gasteiger partial charge in [-0.05, 0) is 37.3 Å². The number of carbonyl (C=O) groups excluding carboxylic acids is 1. The molecule has 0 aliphatic carbocycles. The number of benzene rings is 1. The number of hydrazine groups is 1. The second-order valence-electron chi connectivity index (χ2n) is 4.19. The summed E-state index contributed by atoms with van der Waals surface area (Å²) in [6, 6.07) is 6.66. The Bertz CT molecular complexity index is 646. The molecule has 0 saturated heterocycles. The van der Waals surface area contributed by atoms with E-state index >= 15 is 0 Å². The molecule has 0 saturated carbocycles. The fourth-order valence-electron chi connectivity index (χ4n) is 1.92. The van der Waals surface area contributed by atoms with Gasteiger partial charge < -0.3 is 10.3 Å². The van der Waals surface area contributed by atoms with Crippen molar-refractivity contribution < 1.29 is 13.6 Å². The minimum atomic E-state index is -0.828. The maximum absolute atomic E-state index is 14.1. The summed E-state index contributed by atoms with van der Waals surface area (Å²) in [4.78, 5) is 17.5. The third-order valence-corrected chi connectivity index (χ3v) is 2.96. The molecule has 21 heavy (non-hydrogen) atoms. The Balaban J connectivity index is 2.39. The molecule has 2 rings (SSSR count). The van der Waals surface area contributed by atoms with E-state index in [1.165, 1.54) is 41.4 Å². The Morgan fingerprint density at radius 3 is 2.52 bits per heavy atom. The van der Waals surface area contributed by atoms with Crippen LogP contribution in [0, 0.1) is 11.6 Å². The molecule has 1 aromatic heterocycles. The first kappa shape index (κ1) is 14.9. The molecule has 0 radical (unpaired) electrons. The van der Waals surface area contributed by atoms with Gasteiger partial charge in [0.05, 0.1) is 5.56 Å². The Hall–Kier alpha value is -2.54. The topological polar surface area (TPSA) is 71.2 Å². The summed E-state index contributed by atoms with van der Waals surface area (Å²) in [7, 11) is 0. The lowest BCUT2D eigenvalue weighted by molar-refractivity contribution is 0.0984. The largest absolute Gasteiger partial charge is 0.309 e. The quantitative estimate of drug-likeness (QED) is 0.670. The summed E-state index contributed by atoms with van der Waals surface area (Å²) in [5, 5.41) is 0. The number of aromatic nitrogens is 1. The number of halogens is 2. The molecule has 1 amide bonds. The second kappa shape index (κ2) is 6.27. The van der Waals surface area contributed by atoms with Crippen LogP contribution in [-0.2, 0) is 0 Å². The number of rotatable bonds is 4. The van der Waals surface area contributed by atoms with E-state index in [-0.39, 0.29) is 11.4 Å². The molecule has 0 aliphatic heterocycles. The molecule has 0 spiro atoms. The van der Waals surface area contributed by atoms with Crippen molar-refractivity contribution in [2.45, 2.75) is 6.92 Å². The van der Waals surface area contributed by atoms with Crippen molar-refractivity contribution in [1.29, 1.82) is 0 Å². The number of hydrogen-bond acceptors (Lipinski definition) is 4. The molecule has 0 atom stereocenters. The standard InChI is InChI=1S/C14H14F2N4O/c1-2-20(10-5-3-9(15)4-6-10)14(21)11-7-8-18-13(19-17)12(11)16/h3-8H,2,17H2,1H3,(H,18,19). The number of carbonyl (C=O) groups is 1. The number of nitrogens with zero attached hydrogens (tertiary/aromatic N) is 2. The molecule has 0 aliphatic rings. The highest BCUT2D eigenvalue weighted by atomic mass is 19.1. The van der Waals surface area contributed by atoms with Crippen molar-refractivity contribution in [3.8, 4) is 0 Å². The fraction of sp³-hybridized carbons (Fsp3) is 0.143. The molecule has 0 bridgehead atoms. The zero-order valence-corrected chi connectivity index (χ0v) is 11.3. The van der Waals surface area contributed by atoms with Gasteiger partial charge in [0.25, 0.3) is 5.91 Å². The Morgan fingerprint density at radius 2 is 1.95 bits per heavy atom. The van der Waals surface area contributed by atoms with E-state index in [1.807, 2.05) is 0 Å². The smallest absolute Gasteiger partial charge is 0.261 e. The third kappa shape index (κ3) is 2.97. The van der Waals surface area contributed by atoms with Gasteiger partial charge >= 0.3 is 0 Å². The van der Waals surface area contributed by atoms with E-state index in [2.05, 4.69) is 10.4 Å². The van der Waals surface area contributed by atoms with Crippen LogP contribution < -0.4 is 16.2 Å². The van der Waals surface area contributed by atoms with Gasteiger partial charge in [-0.1, -0.05) is 0 Å². The zero-order chi connectivity index (χ0) is 15.4. The fourth-order valence-corrected chi connectivity index (χ4v) is 1.92. The minimum absolute atomic E-state index is 0.163. The lowest BCUT2D eigenvalue weighted by Gasteiger charge is -2.21. The second-order valence-corrected chi connectivity index (χ2v) is 4.19. The molecular formula is C14H14F2N4O. The predicted molar refractivity (Wildman–Crippen MR) is 75.8 cm³/mol.